The van der Waals surface area contributed by atoms with E-state index in [1.807, 2.05) is 30.5 Å². The first-order valence-electron chi connectivity index (χ1n) is 12.4. The summed E-state index contributed by atoms with van der Waals surface area (Å²) in [7, 11) is 1.68. The number of carbonyl (C=O) groups is 1. The van der Waals surface area contributed by atoms with Gasteiger partial charge in [-0.25, -0.2) is 0 Å². The molecule has 1 aromatic heterocycles. The number of amides is 1. The van der Waals surface area contributed by atoms with E-state index in [4.69, 9.17) is 4.74 Å². The Labute approximate surface area is 200 Å². The Balaban J connectivity index is 1.94. The summed E-state index contributed by atoms with van der Waals surface area (Å²) in [5.74, 6) is 0.834. The van der Waals surface area contributed by atoms with Gasteiger partial charge in [0.25, 0.3) is 0 Å². The normalized spacial score (nSPS) is 12.6. The fourth-order valence-electron chi connectivity index (χ4n) is 3.93. The number of methoxy groups -OCH3 is 1. The van der Waals surface area contributed by atoms with E-state index in [9.17, 15) is 4.79 Å². The van der Waals surface area contributed by atoms with Crippen LogP contribution in [0.3, 0.4) is 0 Å². The Hall–Kier alpha value is -2.88. The summed E-state index contributed by atoms with van der Waals surface area (Å²) in [6.07, 6.45) is 18.9. The summed E-state index contributed by atoms with van der Waals surface area (Å²) in [4.78, 5) is 16.7. The first kappa shape index (κ1) is 26.4. The number of unbranched alkanes of at least 4 members (excludes halogenated alkanes) is 2. The zero-order chi connectivity index (χ0) is 23.7. The van der Waals surface area contributed by atoms with Gasteiger partial charge in [-0.05, 0) is 73.4 Å². The second-order valence-electron chi connectivity index (χ2n) is 8.48. The van der Waals surface area contributed by atoms with Crippen molar-refractivity contribution >= 4 is 11.5 Å². The Morgan fingerprint density at radius 2 is 1.88 bits per heavy atom. The lowest BCUT2D eigenvalue weighted by Crippen LogP contribution is -2.33. The number of pyridine rings is 1. The maximum absolute atomic E-state index is 12.6. The second-order valence-corrected chi connectivity index (χ2v) is 8.48. The third-order valence-electron chi connectivity index (χ3n) is 5.78. The van der Waals surface area contributed by atoms with Gasteiger partial charge in [-0.1, -0.05) is 63.5 Å². The molecule has 4 heteroatoms. The molecule has 0 fully saturated rings. The van der Waals surface area contributed by atoms with Crippen molar-refractivity contribution in [2.75, 3.05) is 7.11 Å². The van der Waals surface area contributed by atoms with E-state index in [0.29, 0.717) is 0 Å². The van der Waals surface area contributed by atoms with Gasteiger partial charge in [0.05, 0.1) is 7.11 Å². The summed E-state index contributed by atoms with van der Waals surface area (Å²) < 4.78 is 5.28. The quantitative estimate of drug-likeness (QED) is 0.183. The number of nitrogens with one attached hydrogen (secondary N) is 1. The van der Waals surface area contributed by atoms with E-state index in [-0.39, 0.29) is 11.9 Å². The maximum Gasteiger partial charge on any atom is 0.244 e. The molecule has 1 heterocycles. The van der Waals surface area contributed by atoms with Gasteiger partial charge in [0.15, 0.2) is 0 Å². The minimum atomic E-state index is -0.0197. The Morgan fingerprint density at radius 3 is 2.55 bits per heavy atom. The highest BCUT2D eigenvalue weighted by Gasteiger charge is 2.10. The monoisotopic (exact) mass is 448 g/mol. The fraction of sp³-hybridized carbons (Fsp3) is 0.448. The molecular formula is C29H40N2O2. The largest absolute Gasteiger partial charge is 0.497 e. The van der Waals surface area contributed by atoms with Crippen molar-refractivity contribution in [3.8, 4) is 5.75 Å². The van der Waals surface area contributed by atoms with Gasteiger partial charge in [-0.3, -0.25) is 9.78 Å². The third-order valence-corrected chi connectivity index (χ3v) is 5.78. The molecular weight excluding hydrogens is 408 g/mol. The lowest BCUT2D eigenvalue weighted by molar-refractivity contribution is -0.117. The fourth-order valence-corrected chi connectivity index (χ4v) is 3.93. The highest BCUT2D eigenvalue weighted by atomic mass is 16.5. The summed E-state index contributed by atoms with van der Waals surface area (Å²) in [5.41, 5.74) is 3.67. The van der Waals surface area contributed by atoms with Crippen LogP contribution in [0.4, 0.5) is 0 Å². The predicted octanol–water partition coefficient (Wildman–Crippen LogP) is 6.92. The number of nitrogens with zero attached hydrogens (tertiary/aromatic N) is 1. The average Bonchev–Trinajstić information content (AvgIpc) is 2.84. The second kappa shape index (κ2) is 15.8. The summed E-state index contributed by atoms with van der Waals surface area (Å²) >= 11 is 0. The number of aromatic nitrogens is 1. The van der Waals surface area contributed by atoms with Gasteiger partial charge >= 0.3 is 0 Å². The molecule has 0 spiro atoms. The molecule has 0 radical (unpaired) electrons. The van der Waals surface area contributed by atoms with Crippen LogP contribution in [0.5, 0.6) is 5.75 Å². The van der Waals surface area contributed by atoms with Crippen LogP contribution in [0.25, 0.3) is 5.57 Å². The van der Waals surface area contributed by atoms with E-state index in [2.05, 4.69) is 48.4 Å². The molecule has 0 aliphatic carbocycles. The Morgan fingerprint density at radius 1 is 1.06 bits per heavy atom. The molecule has 178 valence electrons. The van der Waals surface area contributed by atoms with Gasteiger partial charge in [-0.15, -0.1) is 0 Å². The highest BCUT2D eigenvalue weighted by molar-refractivity contribution is 5.88. The van der Waals surface area contributed by atoms with Crippen molar-refractivity contribution in [1.82, 2.24) is 10.3 Å². The molecule has 1 N–H and O–H groups in total. The number of carbonyl (C=O) groups excluding carboxylic acids is 1. The number of benzene rings is 1. The van der Waals surface area contributed by atoms with E-state index in [1.54, 1.807) is 19.4 Å². The van der Waals surface area contributed by atoms with Gasteiger partial charge < -0.3 is 10.1 Å². The smallest absolute Gasteiger partial charge is 0.244 e. The lowest BCUT2D eigenvalue weighted by atomic mass is 9.99. The number of aryl methyl sites for hydroxylation is 1. The van der Waals surface area contributed by atoms with Crippen LogP contribution in [0, 0.1) is 0 Å². The van der Waals surface area contributed by atoms with Crippen molar-refractivity contribution in [3.05, 3.63) is 78.1 Å². The Bertz CT molecular complexity index is 857. The first-order valence-corrected chi connectivity index (χ1v) is 12.4. The zero-order valence-electron chi connectivity index (χ0n) is 20.6. The molecule has 0 aliphatic rings. The van der Waals surface area contributed by atoms with Crippen LogP contribution in [0.1, 0.15) is 76.3 Å². The summed E-state index contributed by atoms with van der Waals surface area (Å²) in [5, 5.41) is 3.20. The van der Waals surface area contributed by atoms with Gasteiger partial charge in [-0.2, -0.15) is 0 Å². The van der Waals surface area contributed by atoms with E-state index >= 15 is 0 Å². The van der Waals surface area contributed by atoms with E-state index in [1.165, 1.54) is 29.5 Å². The predicted molar refractivity (Wildman–Crippen MR) is 138 cm³/mol. The van der Waals surface area contributed by atoms with Crippen molar-refractivity contribution in [2.24, 2.45) is 0 Å². The van der Waals surface area contributed by atoms with Gasteiger partial charge in [0, 0.05) is 24.5 Å². The SMILES string of the molecule is CCCCCC(=CC=CC(=O)N[C@H](CCC)CCCc1cccnc1)c1ccc(OC)cc1. The van der Waals surface area contributed by atoms with Crippen molar-refractivity contribution in [1.29, 1.82) is 0 Å². The van der Waals surface area contributed by atoms with Gasteiger partial charge in [0.1, 0.15) is 5.75 Å². The standard InChI is InChI=1S/C29H40N2O2/c1-4-6-7-14-25(26-18-20-28(33-3)21-19-26)15-9-17-29(32)31-27(11-5-2)16-8-12-24-13-10-22-30-23-24/h9-10,13,15,17-23,27H,4-8,11-12,14,16H2,1-3H3,(H,31,32)/t27-/m1/s1. The van der Waals surface area contributed by atoms with E-state index in [0.717, 1.165) is 50.7 Å². The van der Waals surface area contributed by atoms with Crippen LogP contribution in [0.2, 0.25) is 0 Å². The number of ether oxygens (including phenoxy) is 1. The molecule has 4 nitrogen and oxygen atoms in total. The van der Waals surface area contributed by atoms with Crippen molar-refractivity contribution < 1.29 is 9.53 Å². The third kappa shape index (κ3) is 10.5. The molecule has 1 amide bonds. The zero-order valence-corrected chi connectivity index (χ0v) is 20.6. The minimum absolute atomic E-state index is 0.0197. The van der Waals surface area contributed by atoms with Crippen LogP contribution in [0.15, 0.2) is 67.0 Å². The number of allylic oxidation sites excluding steroid dienone is 3. The van der Waals surface area contributed by atoms with Crippen molar-refractivity contribution in [3.63, 3.8) is 0 Å². The van der Waals surface area contributed by atoms with Crippen LogP contribution in [-0.4, -0.2) is 24.0 Å². The lowest BCUT2D eigenvalue weighted by Gasteiger charge is -2.17. The molecule has 1 atom stereocenters. The maximum atomic E-state index is 12.6. The molecule has 33 heavy (non-hydrogen) atoms. The topological polar surface area (TPSA) is 51.2 Å². The van der Waals surface area contributed by atoms with Crippen LogP contribution >= 0.6 is 0 Å². The number of hydrogen-bond donors (Lipinski definition) is 1. The number of hydrogen-bond acceptors (Lipinski definition) is 3. The Kier molecular flexibility index (Phi) is 12.7. The van der Waals surface area contributed by atoms with Gasteiger partial charge in [0.2, 0.25) is 5.91 Å². The molecule has 0 bridgehead atoms. The first-order chi connectivity index (χ1) is 16.2. The molecule has 0 aliphatic heterocycles. The molecule has 0 unspecified atom stereocenters. The molecule has 2 rings (SSSR count). The molecule has 2 aromatic rings. The highest BCUT2D eigenvalue weighted by Crippen LogP contribution is 2.24. The summed E-state index contributed by atoms with van der Waals surface area (Å²) in [6, 6.07) is 12.4. The molecule has 1 aromatic carbocycles. The van der Waals surface area contributed by atoms with Crippen molar-refractivity contribution in [2.45, 2.75) is 77.7 Å². The molecule has 0 saturated heterocycles. The summed E-state index contributed by atoms with van der Waals surface area (Å²) in [6.45, 7) is 4.38. The van der Waals surface area contributed by atoms with Crippen LogP contribution in [-0.2, 0) is 11.2 Å². The van der Waals surface area contributed by atoms with E-state index < -0.39 is 0 Å². The molecule has 0 saturated carbocycles. The minimum Gasteiger partial charge on any atom is -0.497 e. The van der Waals surface area contributed by atoms with Crippen LogP contribution < -0.4 is 10.1 Å². The average molecular weight is 449 g/mol. The number of rotatable bonds is 15.